The number of aryl methyl sites for hydroxylation is 2. The van der Waals surface area contributed by atoms with Gasteiger partial charge in [0, 0.05) is 23.3 Å². The molecule has 0 fully saturated rings. The van der Waals surface area contributed by atoms with Crippen molar-refractivity contribution in [1.82, 2.24) is 4.98 Å². The molecule has 0 amide bonds. The van der Waals surface area contributed by atoms with E-state index in [2.05, 4.69) is 128 Å². The average molecular weight is 735 g/mol. The van der Waals surface area contributed by atoms with E-state index in [9.17, 15) is 0 Å². The summed E-state index contributed by atoms with van der Waals surface area (Å²) in [5.41, 5.74) is 12.0. The third kappa shape index (κ3) is 5.05. The Morgan fingerprint density at radius 3 is 2.28 bits per heavy atom. The van der Waals surface area contributed by atoms with Crippen molar-refractivity contribution in [2.24, 2.45) is 0 Å². The van der Waals surface area contributed by atoms with E-state index in [0.717, 1.165) is 16.9 Å². The standard InChI is InChI=1S/C28H24N2.C11H8N.Ir/c1-18-14-19(2)16-21(15-18)29-17-30-24-13-12-20-8-5-6-9-22(20)26(24)28(3,4)23-10-7-11-25(29)27(23)30;1-2-6-10(7-3-1)11-8-4-5-9-12-11;/h5-12,14-17H,1-4H3;1-6,8-9H;/q-2;-1;+3. The van der Waals surface area contributed by atoms with Crippen LogP contribution in [0.4, 0.5) is 22.7 Å². The van der Waals surface area contributed by atoms with Crippen LogP contribution in [-0.2, 0) is 25.5 Å². The van der Waals surface area contributed by atoms with Gasteiger partial charge in [0.2, 0.25) is 0 Å². The molecule has 43 heavy (non-hydrogen) atoms. The molecule has 2 aliphatic rings. The molecular formula is C39H32IrN3. The summed E-state index contributed by atoms with van der Waals surface area (Å²) < 4.78 is 0. The van der Waals surface area contributed by atoms with E-state index in [1.54, 1.807) is 6.20 Å². The molecule has 8 rings (SSSR count). The minimum absolute atomic E-state index is 0. The molecule has 2 aliphatic heterocycles. The van der Waals surface area contributed by atoms with Crippen LogP contribution in [0.25, 0.3) is 22.0 Å². The SMILES string of the molecule is Cc1cc(C)cc(N2[CH-]N3c4[c-]cc5ccccc5c4C(C)(C)c4cccc2c43)c1.[Ir+3].[c-]1ccccc1-c1ccccn1. The van der Waals surface area contributed by atoms with Crippen molar-refractivity contribution >= 4 is 33.5 Å². The van der Waals surface area contributed by atoms with Crippen LogP contribution in [0.2, 0.25) is 0 Å². The topological polar surface area (TPSA) is 19.4 Å². The summed E-state index contributed by atoms with van der Waals surface area (Å²) in [5.74, 6) is 0. The maximum Gasteiger partial charge on any atom is 3.00 e. The Labute approximate surface area is 268 Å². The van der Waals surface area contributed by atoms with Gasteiger partial charge in [-0.2, -0.15) is 12.1 Å². The maximum absolute atomic E-state index is 4.22. The molecule has 1 aromatic heterocycles. The van der Waals surface area contributed by atoms with Crippen LogP contribution in [-0.4, -0.2) is 4.98 Å². The second-order valence-corrected chi connectivity index (χ2v) is 11.6. The zero-order chi connectivity index (χ0) is 28.8. The monoisotopic (exact) mass is 735 g/mol. The van der Waals surface area contributed by atoms with Crippen molar-refractivity contribution in [3.05, 3.63) is 156 Å². The quantitative estimate of drug-likeness (QED) is 0.165. The number of hydrogen-bond donors (Lipinski definition) is 0. The number of nitrogens with zero attached hydrogens (tertiary/aromatic N) is 3. The maximum atomic E-state index is 4.22. The van der Waals surface area contributed by atoms with Crippen molar-refractivity contribution in [3.63, 3.8) is 0 Å². The first kappa shape index (κ1) is 28.9. The molecule has 0 saturated heterocycles. The number of benzene rings is 5. The minimum Gasteiger partial charge on any atom is -0.493 e. The normalized spacial score (nSPS) is 13.9. The molecule has 0 atom stereocenters. The fourth-order valence-corrected chi connectivity index (χ4v) is 6.41. The smallest absolute Gasteiger partial charge is 0.493 e. The number of fused-ring (bicyclic) bond motifs is 4. The molecule has 6 aromatic rings. The Morgan fingerprint density at radius 1 is 0.767 bits per heavy atom. The number of anilines is 4. The molecule has 0 aliphatic carbocycles. The second kappa shape index (κ2) is 11.4. The van der Waals surface area contributed by atoms with Crippen molar-refractivity contribution in [2.45, 2.75) is 33.1 Å². The van der Waals surface area contributed by atoms with Gasteiger partial charge in [-0.15, -0.1) is 65.0 Å². The van der Waals surface area contributed by atoms with Crippen LogP contribution < -0.4 is 9.80 Å². The van der Waals surface area contributed by atoms with Gasteiger partial charge in [0.05, 0.1) is 0 Å². The minimum atomic E-state index is -0.110. The molecule has 0 unspecified atom stereocenters. The summed E-state index contributed by atoms with van der Waals surface area (Å²) in [6.45, 7) is 11.3. The molecule has 4 heteroatoms. The van der Waals surface area contributed by atoms with Crippen molar-refractivity contribution < 1.29 is 20.1 Å². The molecular weight excluding hydrogens is 703 g/mol. The molecule has 0 N–H and O–H groups in total. The second-order valence-electron chi connectivity index (χ2n) is 11.6. The largest absolute Gasteiger partial charge is 3.00 e. The first-order valence-corrected chi connectivity index (χ1v) is 14.4. The summed E-state index contributed by atoms with van der Waals surface area (Å²) in [4.78, 5) is 8.89. The molecule has 5 aromatic carbocycles. The first-order valence-electron chi connectivity index (χ1n) is 14.4. The number of rotatable bonds is 2. The van der Waals surface area contributed by atoms with Crippen molar-refractivity contribution in [3.8, 4) is 11.3 Å². The average Bonchev–Trinajstić information content (AvgIpc) is 3.41. The first-order chi connectivity index (χ1) is 20.4. The van der Waals surface area contributed by atoms with E-state index in [1.807, 2.05) is 42.5 Å². The molecule has 0 spiro atoms. The van der Waals surface area contributed by atoms with Crippen LogP contribution in [0.15, 0.2) is 115 Å². The molecule has 3 heterocycles. The van der Waals surface area contributed by atoms with Gasteiger partial charge in [0.25, 0.3) is 0 Å². The van der Waals surface area contributed by atoms with Crippen LogP contribution in [0.5, 0.6) is 0 Å². The third-order valence-corrected chi connectivity index (χ3v) is 8.25. The Morgan fingerprint density at radius 2 is 1.53 bits per heavy atom. The molecule has 0 radical (unpaired) electrons. The van der Waals surface area contributed by atoms with Crippen LogP contribution in [0.3, 0.4) is 0 Å². The van der Waals surface area contributed by atoms with Crippen molar-refractivity contribution in [2.75, 3.05) is 9.80 Å². The van der Waals surface area contributed by atoms with Crippen LogP contribution >= 0.6 is 0 Å². The van der Waals surface area contributed by atoms with Gasteiger partial charge in [-0.25, -0.2) is 0 Å². The Kier molecular flexibility index (Phi) is 7.68. The molecule has 0 bridgehead atoms. The van der Waals surface area contributed by atoms with E-state index >= 15 is 0 Å². The predicted octanol–water partition coefficient (Wildman–Crippen LogP) is 9.85. The number of para-hydroxylation sites is 1. The van der Waals surface area contributed by atoms with Crippen LogP contribution in [0.1, 0.15) is 36.1 Å². The zero-order valence-electron chi connectivity index (χ0n) is 24.7. The number of hydrogen-bond acceptors (Lipinski definition) is 3. The van der Waals surface area contributed by atoms with Gasteiger partial charge >= 0.3 is 20.1 Å². The van der Waals surface area contributed by atoms with Gasteiger partial charge in [-0.1, -0.05) is 68.1 Å². The van der Waals surface area contributed by atoms with E-state index in [0.29, 0.717) is 0 Å². The van der Waals surface area contributed by atoms with E-state index in [1.165, 1.54) is 50.1 Å². The predicted molar refractivity (Wildman–Crippen MR) is 174 cm³/mol. The summed E-state index contributed by atoms with van der Waals surface area (Å²) in [6, 6.07) is 44.7. The molecule has 0 saturated carbocycles. The molecule has 3 nitrogen and oxygen atoms in total. The summed E-state index contributed by atoms with van der Waals surface area (Å²) in [7, 11) is 0. The third-order valence-electron chi connectivity index (χ3n) is 8.25. The summed E-state index contributed by atoms with van der Waals surface area (Å²) in [6.07, 6.45) is 1.79. The Bertz CT molecular complexity index is 1860. The zero-order valence-corrected chi connectivity index (χ0v) is 27.1. The fraction of sp³-hybridized carbons (Fsp3) is 0.128. The van der Waals surface area contributed by atoms with Crippen molar-refractivity contribution in [1.29, 1.82) is 0 Å². The fourth-order valence-electron chi connectivity index (χ4n) is 6.41. The van der Waals surface area contributed by atoms with Gasteiger partial charge in [-0.3, -0.25) is 0 Å². The number of pyridine rings is 1. The summed E-state index contributed by atoms with van der Waals surface area (Å²) in [5, 5.41) is 2.56. The van der Waals surface area contributed by atoms with E-state index in [-0.39, 0.29) is 25.5 Å². The molecule has 212 valence electrons. The van der Waals surface area contributed by atoms with E-state index in [4.69, 9.17) is 0 Å². The van der Waals surface area contributed by atoms with E-state index < -0.39 is 0 Å². The Hall–Kier alpha value is -4.24. The van der Waals surface area contributed by atoms with Gasteiger partial charge in [-0.05, 0) is 65.9 Å². The van der Waals surface area contributed by atoms with Gasteiger partial charge in [0.15, 0.2) is 0 Å². The van der Waals surface area contributed by atoms with Gasteiger partial charge < -0.3 is 14.8 Å². The number of aromatic nitrogens is 1. The Balaban J connectivity index is 0.000000213. The van der Waals surface area contributed by atoms with Crippen LogP contribution in [0, 0.1) is 32.6 Å². The summed E-state index contributed by atoms with van der Waals surface area (Å²) >= 11 is 0. The van der Waals surface area contributed by atoms with Gasteiger partial charge in [0.1, 0.15) is 0 Å².